The number of piperidine rings is 1. The first kappa shape index (κ1) is 29.5. The second-order valence-electron chi connectivity index (χ2n) is 12.2. The van der Waals surface area contributed by atoms with Crippen LogP contribution in [0.3, 0.4) is 0 Å². The summed E-state index contributed by atoms with van der Waals surface area (Å²) in [5.74, 6) is -0.744. The average molecular weight is 493 g/mol. The molecule has 0 aromatic carbocycles. The van der Waals surface area contributed by atoms with Crippen LogP contribution in [0.1, 0.15) is 131 Å². The molecule has 2 fully saturated rings. The molecule has 2 N–H and O–H groups in total. The van der Waals surface area contributed by atoms with Crippen LogP contribution in [0.5, 0.6) is 0 Å². The number of carbonyl (C=O) groups is 4. The van der Waals surface area contributed by atoms with Crippen LogP contribution < -0.4 is 5.73 Å². The molecule has 0 bridgehead atoms. The van der Waals surface area contributed by atoms with E-state index in [1.165, 1.54) is 63.2 Å². The van der Waals surface area contributed by atoms with Crippen LogP contribution in [0.25, 0.3) is 0 Å². The molecule has 200 valence electrons. The van der Waals surface area contributed by atoms with Gasteiger partial charge in [-0.15, -0.1) is 0 Å². The van der Waals surface area contributed by atoms with Crippen molar-refractivity contribution in [3.63, 3.8) is 0 Å². The molecule has 0 aromatic rings. The van der Waals surface area contributed by atoms with Gasteiger partial charge >= 0.3 is 11.9 Å². The number of nitrogens with zero attached hydrogens (tertiary/aromatic N) is 2. The molecule has 0 spiro atoms. The number of primary amides is 1. The second kappa shape index (κ2) is 12.0. The summed E-state index contributed by atoms with van der Waals surface area (Å²) in [6.45, 7) is 11.0. The topological polar surface area (TPSA) is 97.5 Å². The first-order valence-electron chi connectivity index (χ1n) is 13.9. The molecule has 35 heavy (non-hydrogen) atoms. The van der Waals surface area contributed by atoms with Crippen molar-refractivity contribution in [3.8, 4) is 0 Å². The first-order chi connectivity index (χ1) is 16.3. The van der Waals surface area contributed by atoms with Gasteiger partial charge in [-0.2, -0.15) is 4.48 Å². The molecule has 1 atom stereocenters. The van der Waals surface area contributed by atoms with E-state index in [0.29, 0.717) is 12.8 Å². The van der Waals surface area contributed by atoms with E-state index in [4.69, 9.17) is 5.73 Å². The van der Waals surface area contributed by atoms with Crippen molar-refractivity contribution < 1.29 is 23.7 Å². The number of amides is 5. The van der Waals surface area contributed by atoms with E-state index >= 15 is 0 Å². The van der Waals surface area contributed by atoms with E-state index in [2.05, 4.69) is 6.92 Å². The van der Waals surface area contributed by atoms with Crippen LogP contribution in [-0.4, -0.2) is 50.3 Å². The summed E-state index contributed by atoms with van der Waals surface area (Å²) in [5, 5.41) is 0. The summed E-state index contributed by atoms with van der Waals surface area (Å²) in [5.41, 5.74) is 4.15. The fraction of sp³-hybridized carbons (Fsp3) is 0.857. The number of nitrogens with two attached hydrogens (primary N) is 1. The van der Waals surface area contributed by atoms with Gasteiger partial charge in [-0.25, -0.2) is 9.59 Å². The third-order valence-electron chi connectivity index (χ3n) is 8.64. The Morgan fingerprint density at radius 2 is 1.34 bits per heavy atom. The minimum Gasteiger partial charge on any atom is -0.318 e. The van der Waals surface area contributed by atoms with Gasteiger partial charge < -0.3 is 5.73 Å². The predicted molar refractivity (Wildman–Crippen MR) is 138 cm³/mol. The fourth-order valence-electron chi connectivity index (χ4n) is 7.31. The zero-order valence-electron chi connectivity index (χ0n) is 23.2. The molecule has 0 aliphatic carbocycles. The summed E-state index contributed by atoms with van der Waals surface area (Å²) in [4.78, 5) is 53.2. The maximum absolute atomic E-state index is 13.3. The second-order valence-corrected chi connectivity index (χ2v) is 12.2. The molecule has 0 saturated carbocycles. The largest absolute Gasteiger partial charge is 0.422 e. The fourth-order valence-corrected chi connectivity index (χ4v) is 7.31. The maximum Gasteiger partial charge on any atom is 0.422 e. The van der Waals surface area contributed by atoms with Crippen molar-refractivity contribution in [2.24, 2.45) is 11.7 Å². The van der Waals surface area contributed by atoms with Crippen molar-refractivity contribution in [1.29, 1.82) is 0 Å². The summed E-state index contributed by atoms with van der Waals surface area (Å²) < 4.78 is -0.477. The number of hydrogen-bond donors (Lipinski definition) is 1. The van der Waals surface area contributed by atoms with Gasteiger partial charge in [0.15, 0.2) is 0 Å². The van der Waals surface area contributed by atoms with E-state index in [1.54, 1.807) is 0 Å². The molecule has 2 heterocycles. The van der Waals surface area contributed by atoms with Gasteiger partial charge in [0.05, 0.1) is 13.0 Å². The highest BCUT2D eigenvalue weighted by Crippen LogP contribution is 2.48. The average Bonchev–Trinajstić information content (AvgIpc) is 3.00. The highest BCUT2D eigenvalue weighted by Gasteiger charge is 2.67. The SMILES string of the molecule is CCCCCCCCCCCCC1CC(=O)N(C2CC(C)(C)[N+](C(C)=O)(C(N)=O)C(C)(C)C2)C1=O. The Kier molecular flexibility index (Phi) is 10.1. The highest BCUT2D eigenvalue weighted by atomic mass is 16.2. The van der Waals surface area contributed by atoms with E-state index in [0.717, 1.165) is 19.3 Å². The van der Waals surface area contributed by atoms with E-state index in [1.807, 2.05) is 27.7 Å². The number of rotatable bonds is 12. The van der Waals surface area contributed by atoms with Crippen molar-refractivity contribution in [2.75, 3.05) is 0 Å². The molecule has 2 saturated heterocycles. The Morgan fingerprint density at radius 1 is 0.886 bits per heavy atom. The summed E-state index contributed by atoms with van der Waals surface area (Å²) in [7, 11) is 0. The molecule has 0 radical (unpaired) electrons. The molecule has 7 heteroatoms. The normalized spacial score (nSPS) is 27.9. The van der Waals surface area contributed by atoms with Crippen LogP contribution in [0.2, 0.25) is 0 Å². The Balaban J connectivity index is 1.93. The number of hydrogen-bond acceptors (Lipinski definition) is 4. The molecule has 7 nitrogen and oxygen atoms in total. The number of quaternary nitrogens is 1. The van der Waals surface area contributed by atoms with Gasteiger partial charge in [-0.05, 0) is 34.1 Å². The zero-order valence-corrected chi connectivity index (χ0v) is 23.2. The molecule has 0 aromatic heterocycles. The van der Waals surface area contributed by atoms with Gasteiger partial charge in [0.1, 0.15) is 11.1 Å². The summed E-state index contributed by atoms with van der Waals surface area (Å²) >= 11 is 0. The van der Waals surface area contributed by atoms with Gasteiger partial charge in [0.25, 0.3) is 0 Å². The number of carbonyl (C=O) groups excluding carboxylic acids is 4. The van der Waals surface area contributed by atoms with Crippen molar-refractivity contribution in [1.82, 2.24) is 4.90 Å². The van der Waals surface area contributed by atoms with E-state index in [-0.39, 0.29) is 36.1 Å². The molecular formula is C28H50N3O4+. The predicted octanol–water partition coefficient (Wildman–Crippen LogP) is 5.83. The van der Waals surface area contributed by atoms with Gasteiger partial charge in [0.2, 0.25) is 11.8 Å². The molecule has 1 unspecified atom stereocenters. The van der Waals surface area contributed by atoms with Crippen LogP contribution in [0, 0.1) is 5.92 Å². The van der Waals surface area contributed by atoms with E-state index in [9.17, 15) is 19.2 Å². The summed E-state index contributed by atoms with van der Waals surface area (Å²) in [6.07, 6.45) is 14.2. The molecule has 2 aliphatic rings. The number of unbranched alkanes of at least 4 members (excludes halogenated alkanes) is 9. The lowest BCUT2D eigenvalue weighted by atomic mass is 9.73. The zero-order chi connectivity index (χ0) is 26.4. The molecule has 5 amide bonds. The minimum absolute atomic E-state index is 0.0792. The smallest absolute Gasteiger partial charge is 0.318 e. The number of urea groups is 1. The number of likely N-dealkylation sites (tertiary alicyclic amines) is 2. The minimum atomic E-state index is -0.834. The van der Waals surface area contributed by atoms with Crippen LogP contribution in [0.15, 0.2) is 0 Å². The van der Waals surface area contributed by atoms with E-state index < -0.39 is 21.6 Å². The van der Waals surface area contributed by atoms with Gasteiger partial charge in [-0.1, -0.05) is 71.1 Å². The molecule has 2 aliphatic heterocycles. The Hall–Kier alpha value is -1.76. The molecule has 2 rings (SSSR count). The third kappa shape index (κ3) is 5.98. The third-order valence-corrected chi connectivity index (χ3v) is 8.64. The highest BCUT2D eigenvalue weighted by molar-refractivity contribution is 6.04. The van der Waals surface area contributed by atoms with Crippen LogP contribution in [-0.2, 0) is 14.4 Å². The van der Waals surface area contributed by atoms with Crippen molar-refractivity contribution in [3.05, 3.63) is 0 Å². The lowest BCUT2D eigenvalue weighted by molar-refractivity contribution is -0.882. The van der Waals surface area contributed by atoms with Crippen LogP contribution >= 0.6 is 0 Å². The van der Waals surface area contributed by atoms with Gasteiger partial charge in [-0.3, -0.25) is 14.5 Å². The van der Waals surface area contributed by atoms with Crippen LogP contribution in [0.4, 0.5) is 4.79 Å². The monoisotopic (exact) mass is 492 g/mol. The standard InChI is InChI=1S/C28H49N3O4/c1-7-8-9-10-11-12-13-14-15-16-17-22-18-24(33)30(25(22)34)23-19-27(3,4)31(21(2)32,26(29)35)28(5,6)20-23/h22-23H,7-20H2,1-6H3,(H-,29,35)/p+1. The first-order valence-corrected chi connectivity index (χ1v) is 13.9. The van der Waals surface area contributed by atoms with Crippen molar-refractivity contribution in [2.45, 2.75) is 149 Å². The number of imide groups is 2. The van der Waals surface area contributed by atoms with Gasteiger partial charge in [0, 0.05) is 25.2 Å². The Labute approximate surface area is 212 Å². The Morgan fingerprint density at radius 3 is 1.77 bits per heavy atom. The lowest BCUT2D eigenvalue weighted by Crippen LogP contribution is -2.81. The Bertz CT molecular complexity index is 755. The lowest BCUT2D eigenvalue weighted by Gasteiger charge is -2.58. The summed E-state index contributed by atoms with van der Waals surface area (Å²) in [6, 6.07) is -1.01. The maximum atomic E-state index is 13.3. The van der Waals surface area contributed by atoms with Crippen molar-refractivity contribution >= 4 is 23.8 Å². The quantitative estimate of drug-likeness (QED) is 0.210. The molecular weight excluding hydrogens is 442 g/mol.